The fourth-order valence-electron chi connectivity index (χ4n) is 2.82. The summed E-state index contributed by atoms with van der Waals surface area (Å²) in [7, 11) is 5.74. The molecule has 160 valence electrons. The van der Waals surface area contributed by atoms with E-state index in [1.807, 2.05) is 37.9 Å². The number of likely N-dealkylation sites (N-methyl/N-ethyl adjacent to an activating group) is 2. The molecule has 3 aromatic rings. The molecule has 0 unspecified atom stereocenters. The number of alkyl halides is 3. The quantitative estimate of drug-likeness (QED) is 0.605. The van der Waals surface area contributed by atoms with Gasteiger partial charge in [0.05, 0.1) is 5.56 Å². The van der Waals surface area contributed by atoms with Crippen LogP contribution >= 0.6 is 0 Å². The van der Waals surface area contributed by atoms with Crippen molar-refractivity contribution in [2.75, 3.05) is 44.4 Å². The molecule has 0 saturated heterocycles. The van der Waals surface area contributed by atoms with Crippen LogP contribution in [-0.2, 0) is 6.18 Å². The maximum Gasteiger partial charge on any atom is 0.417 e. The first kappa shape index (κ1) is 21.6. The van der Waals surface area contributed by atoms with E-state index in [9.17, 15) is 13.2 Å². The molecule has 0 radical (unpaired) electrons. The predicted molar refractivity (Wildman–Crippen MR) is 111 cm³/mol. The van der Waals surface area contributed by atoms with Crippen molar-refractivity contribution in [3.05, 3.63) is 47.7 Å². The van der Waals surface area contributed by atoms with Crippen molar-refractivity contribution in [3.63, 3.8) is 0 Å². The van der Waals surface area contributed by atoms with Crippen LogP contribution in [0.15, 0.2) is 36.4 Å². The minimum Gasteiger partial charge on any atom is -0.358 e. The molecule has 0 spiro atoms. The maximum absolute atomic E-state index is 13.6. The summed E-state index contributed by atoms with van der Waals surface area (Å²) in [5.74, 6) is 1.37. The topological polar surface area (TPSA) is 73.0 Å². The zero-order chi connectivity index (χ0) is 21.9. The minimum absolute atomic E-state index is 0.00751. The zero-order valence-corrected chi connectivity index (χ0v) is 17.2. The zero-order valence-electron chi connectivity index (χ0n) is 17.2. The van der Waals surface area contributed by atoms with Gasteiger partial charge in [0.2, 0.25) is 0 Å². The number of aromatic amines is 1. The third-order valence-electron chi connectivity index (χ3n) is 4.42. The lowest BCUT2D eigenvalue weighted by Crippen LogP contribution is -2.29. The molecule has 7 nitrogen and oxygen atoms in total. The molecular weight excluding hydrogens is 395 g/mol. The van der Waals surface area contributed by atoms with Gasteiger partial charge >= 0.3 is 6.18 Å². The summed E-state index contributed by atoms with van der Waals surface area (Å²) in [6.07, 6.45) is -4.51. The van der Waals surface area contributed by atoms with Crippen LogP contribution in [0.1, 0.15) is 11.3 Å². The molecular formula is C20H24F3N7. The predicted octanol–water partition coefficient (Wildman–Crippen LogP) is 3.94. The number of anilines is 3. The van der Waals surface area contributed by atoms with Crippen LogP contribution in [0.3, 0.4) is 0 Å². The SMILES string of the molecule is Cc1cc(Nc2cc(N(C)CCN(C)C)nc(-c3ccccc3C(F)(F)F)n2)n[nH]1. The molecule has 0 bridgehead atoms. The Morgan fingerprint density at radius 2 is 1.73 bits per heavy atom. The number of aryl methyl sites for hydroxylation is 1. The van der Waals surface area contributed by atoms with Crippen molar-refractivity contribution in [1.82, 2.24) is 25.1 Å². The fraction of sp³-hybridized carbons (Fsp3) is 0.350. The van der Waals surface area contributed by atoms with Gasteiger partial charge in [0, 0.05) is 43.5 Å². The Kier molecular flexibility index (Phi) is 6.25. The Morgan fingerprint density at radius 1 is 1.00 bits per heavy atom. The number of halogens is 3. The van der Waals surface area contributed by atoms with Crippen LogP contribution in [0.5, 0.6) is 0 Å². The number of hydrogen-bond acceptors (Lipinski definition) is 6. The van der Waals surface area contributed by atoms with E-state index in [2.05, 4.69) is 25.5 Å². The van der Waals surface area contributed by atoms with E-state index in [4.69, 9.17) is 0 Å². The maximum atomic E-state index is 13.6. The molecule has 1 aromatic carbocycles. The number of benzene rings is 1. The molecule has 0 atom stereocenters. The molecule has 10 heteroatoms. The number of nitrogens with zero attached hydrogens (tertiary/aromatic N) is 5. The fourth-order valence-corrected chi connectivity index (χ4v) is 2.82. The van der Waals surface area contributed by atoms with Gasteiger partial charge in [-0.3, -0.25) is 5.10 Å². The first-order chi connectivity index (χ1) is 14.1. The van der Waals surface area contributed by atoms with Crippen LogP contribution in [0, 0.1) is 6.92 Å². The lowest BCUT2D eigenvalue weighted by Gasteiger charge is -2.22. The average molecular weight is 419 g/mol. The van der Waals surface area contributed by atoms with Gasteiger partial charge in [0.25, 0.3) is 0 Å². The van der Waals surface area contributed by atoms with Gasteiger partial charge < -0.3 is 15.1 Å². The molecule has 2 heterocycles. The second kappa shape index (κ2) is 8.70. The second-order valence-corrected chi connectivity index (χ2v) is 7.26. The van der Waals surface area contributed by atoms with Gasteiger partial charge in [-0.2, -0.15) is 18.3 Å². The molecule has 2 N–H and O–H groups in total. The number of rotatable bonds is 7. The molecule has 0 aliphatic heterocycles. The van der Waals surface area contributed by atoms with Crippen molar-refractivity contribution in [2.45, 2.75) is 13.1 Å². The van der Waals surface area contributed by atoms with E-state index >= 15 is 0 Å². The van der Waals surface area contributed by atoms with E-state index < -0.39 is 11.7 Å². The second-order valence-electron chi connectivity index (χ2n) is 7.26. The highest BCUT2D eigenvalue weighted by Crippen LogP contribution is 2.36. The summed E-state index contributed by atoms with van der Waals surface area (Å²) >= 11 is 0. The van der Waals surface area contributed by atoms with Crippen LogP contribution in [0.25, 0.3) is 11.4 Å². The van der Waals surface area contributed by atoms with Gasteiger partial charge in [-0.25, -0.2) is 9.97 Å². The first-order valence-electron chi connectivity index (χ1n) is 9.34. The third kappa shape index (κ3) is 5.26. The Bertz CT molecular complexity index is 998. The lowest BCUT2D eigenvalue weighted by atomic mass is 10.1. The Hall–Kier alpha value is -3.14. The van der Waals surface area contributed by atoms with Crippen molar-refractivity contribution in [3.8, 4) is 11.4 Å². The number of hydrogen-bond donors (Lipinski definition) is 2. The highest BCUT2D eigenvalue weighted by molar-refractivity contribution is 5.67. The van der Waals surface area contributed by atoms with Gasteiger partial charge in [-0.1, -0.05) is 18.2 Å². The van der Waals surface area contributed by atoms with E-state index in [1.54, 1.807) is 18.2 Å². The van der Waals surface area contributed by atoms with Crippen LogP contribution < -0.4 is 10.2 Å². The van der Waals surface area contributed by atoms with E-state index in [0.29, 0.717) is 24.0 Å². The Morgan fingerprint density at radius 3 is 2.37 bits per heavy atom. The molecule has 3 rings (SSSR count). The number of nitrogens with one attached hydrogen (secondary N) is 2. The molecule has 0 amide bonds. The Balaban J connectivity index is 2.06. The van der Waals surface area contributed by atoms with Gasteiger partial charge in [0.1, 0.15) is 11.6 Å². The third-order valence-corrected chi connectivity index (χ3v) is 4.42. The highest BCUT2D eigenvalue weighted by Gasteiger charge is 2.34. The lowest BCUT2D eigenvalue weighted by molar-refractivity contribution is -0.137. The Labute approximate surface area is 173 Å². The van der Waals surface area contributed by atoms with Gasteiger partial charge in [-0.05, 0) is 27.1 Å². The first-order valence-corrected chi connectivity index (χ1v) is 9.34. The highest BCUT2D eigenvalue weighted by atomic mass is 19.4. The summed E-state index contributed by atoms with van der Waals surface area (Å²) in [5, 5.41) is 9.96. The minimum atomic E-state index is -4.51. The monoisotopic (exact) mass is 419 g/mol. The van der Waals surface area contributed by atoms with Gasteiger partial charge in [0.15, 0.2) is 11.6 Å². The number of H-pyrrole nitrogens is 1. The largest absolute Gasteiger partial charge is 0.417 e. The van der Waals surface area contributed by atoms with Gasteiger partial charge in [-0.15, -0.1) is 0 Å². The van der Waals surface area contributed by atoms with Crippen molar-refractivity contribution < 1.29 is 13.2 Å². The average Bonchev–Trinajstić information content (AvgIpc) is 3.09. The summed E-state index contributed by atoms with van der Waals surface area (Å²) in [6.45, 7) is 3.26. The van der Waals surface area contributed by atoms with Crippen LogP contribution in [0.2, 0.25) is 0 Å². The molecule has 0 fully saturated rings. The summed E-state index contributed by atoms with van der Waals surface area (Å²) in [5.41, 5.74) is -0.00806. The van der Waals surface area contributed by atoms with E-state index in [1.165, 1.54) is 12.1 Å². The number of aromatic nitrogens is 4. The summed E-state index contributed by atoms with van der Waals surface area (Å²) in [4.78, 5) is 12.7. The van der Waals surface area contributed by atoms with Crippen LogP contribution in [-0.4, -0.2) is 59.3 Å². The van der Waals surface area contributed by atoms with Crippen molar-refractivity contribution >= 4 is 17.5 Å². The van der Waals surface area contributed by atoms with Crippen molar-refractivity contribution in [1.29, 1.82) is 0 Å². The van der Waals surface area contributed by atoms with E-state index in [-0.39, 0.29) is 11.4 Å². The summed E-state index contributed by atoms with van der Waals surface area (Å²) < 4.78 is 40.7. The van der Waals surface area contributed by atoms with Crippen LogP contribution in [0.4, 0.5) is 30.6 Å². The molecule has 0 saturated carbocycles. The normalized spacial score (nSPS) is 11.7. The molecule has 0 aliphatic carbocycles. The summed E-state index contributed by atoms with van der Waals surface area (Å²) in [6, 6.07) is 8.78. The molecule has 2 aromatic heterocycles. The molecule has 0 aliphatic rings. The van der Waals surface area contributed by atoms with Crippen molar-refractivity contribution in [2.24, 2.45) is 0 Å². The van der Waals surface area contributed by atoms with E-state index in [0.717, 1.165) is 18.3 Å². The standard InChI is InChI=1S/C20H24F3N7/c1-13-11-17(28-27-13)24-16-12-18(30(4)10-9-29(2)3)26-19(25-16)14-7-5-6-8-15(14)20(21,22)23/h5-8,11-12H,9-10H2,1-4H3,(H2,24,25,26,27,28). The smallest absolute Gasteiger partial charge is 0.358 e. The molecule has 30 heavy (non-hydrogen) atoms.